The van der Waals surface area contributed by atoms with Gasteiger partial charge < -0.3 is 14.9 Å². The third kappa shape index (κ3) is 16.2. The predicted molar refractivity (Wildman–Crippen MR) is 174 cm³/mol. The second-order valence-corrected chi connectivity index (χ2v) is 11.6. The van der Waals surface area contributed by atoms with Gasteiger partial charge in [0, 0.05) is 11.6 Å². The van der Waals surface area contributed by atoms with Crippen LogP contribution in [0, 0.1) is 0 Å². The van der Waals surface area contributed by atoms with Crippen molar-refractivity contribution in [1.82, 2.24) is 0 Å². The molecule has 0 fully saturated rings. The summed E-state index contributed by atoms with van der Waals surface area (Å²) < 4.78 is 5.13. The first-order valence-corrected chi connectivity index (χ1v) is 15.0. The highest BCUT2D eigenvalue weighted by Gasteiger charge is 2.09. The number of allylic oxidation sites excluding steroid dienone is 12. The molecule has 222 valence electrons. The number of phenolic OH excluding ortho intramolecular Hbond substituents is 2. The molecule has 0 aromatic heterocycles. The fraction of sp³-hybridized carbons (Fsp3) is 0.514. The van der Waals surface area contributed by atoms with Crippen LogP contribution in [0.3, 0.4) is 0 Å². The van der Waals surface area contributed by atoms with Gasteiger partial charge >= 0.3 is 0 Å². The van der Waals surface area contributed by atoms with Gasteiger partial charge in [0.25, 0.3) is 0 Å². The van der Waals surface area contributed by atoms with Gasteiger partial charge in [0.05, 0.1) is 7.11 Å². The Morgan fingerprint density at radius 2 is 0.950 bits per heavy atom. The summed E-state index contributed by atoms with van der Waals surface area (Å²) in [7, 11) is 1.49. The fourth-order valence-electron chi connectivity index (χ4n) is 4.53. The summed E-state index contributed by atoms with van der Waals surface area (Å²) in [4.78, 5) is 0. The summed E-state index contributed by atoms with van der Waals surface area (Å²) in [5.74, 6) is 0.499. The Balaban J connectivity index is 2.33. The Kier molecular flexibility index (Phi) is 17.6. The zero-order valence-corrected chi connectivity index (χ0v) is 26.7. The van der Waals surface area contributed by atoms with E-state index in [0.29, 0.717) is 17.7 Å². The van der Waals surface area contributed by atoms with Gasteiger partial charge in [0.2, 0.25) is 0 Å². The van der Waals surface area contributed by atoms with E-state index in [2.05, 4.69) is 84.9 Å². The summed E-state index contributed by atoms with van der Waals surface area (Å²) in [5, 5.41) is 20.1. The molecule has 1 rings (SSSR count). The highest BCUT2D eigenvalue weighted by atomic mass is 16.5. The Morgan fingerprint density at radius 3 is 1.32 bits per heavy atom. The van der Waals surface area contributed by atoms with Crippen LogP contribution in [-0.2, 0) is 6.42 Å². The van der Waals surface area contributed by atoms with Gasteiger partial charge in [-0.3, -0.25) is 0 Å². The Hall–Kier alpha value is -2.94. The monoisotopic (exact) mass is 548 g/mol. The Labute approximate surface area is 245 Å². The molecule has 0 saturated carbocycles. The number of hydrogen-bond acceptors (Lipinski definition) is 3. The van der Waals surface area contributed by atoms with Crippen molar-refractivity contribution in [3.05, 3.63) is 87.6 Å². The van der Waals surface area contributed by atoms with Gasteiger partial charge in [0.1, 0.15) is 5.75 Å². The molecule has 0 aliphatic rings. The molecule has 2 N–H and O–H groups in total. The van der Waals surface area contributed by atoms with Crippen molar-refractivity contribution >= 4 is 0 Å². The minimum absolute atomic E-state index is 0.0961. The van der Waals surface area contributed by atoms with Crippen molar-refractivity contribution in [3.63, 3.8) is 0 Å². The van der Waals surface area contributed by atoms with E-state index in [0.717, 1.165) is 57.8 Å². The molecule has 0 saturated heterocycles. The Morgan fingerprint density at radius 1 is 0.575 bits per heavy atom. The van der Waals surface area contributed by atoms with E-state index in [1.54, 1.807) is 6.07 Å². The zero-order chi connectivity index (χ0) is 29.9. The minimum atomic E-state index is 0.0961. The van der Waals surface area contributed by atoms with Crippen molar-refractivity contribution in [3.8, 4) is 17.2 Å². The van der Waals surface area contributed by atoms with Crippen LogP contribution in [-0.4, -0.2) is 17.3 Å². The number of ether oxygens (including phenoxy) is 1. The van der Waals surface area contributed by atoms with Crippen molar-refractivity contribution < 1.29 is 14.9 Å². The molecule has 0 heterocycles. The van der Waals surface area contributed by atoms with Gasteiger partial charge in [-0.05, 0) is 125 Å². The molecule has 1 aromatic rings. The molecule has 40 heavy (non-hydrogen) atoms. The average molecular weight is 549 g/mol. The quantitative estimate of drug-likeness (QED) is 0.142. The number of rotatable bonds is 18. The average Bonchev–Trinajstić information content (AvgIpc) is 2.88. The van der Waals surface area contributed by atoms with Gasteiger partial charge in [-0.25, -0.2) is 0 Å². The molecular formula is C37H56O3. The van der Waals surface area contributed by atoms with E-state index in [4.69, 9.17) is 4.74 Å². The normalized spacial score (nSPS) is 13.6. The standard InChI is InChI=1S/C37H56O3/c1-28(2)14-9-15-29(3)16-10-17-30(4)18-11-19-31(5)20-12-21-32(6)22-13-23-33(7)24-25-34-26-35(38)27-36(40-8)37(34)39/h14,16,18,20,22,24,26-27,38-39H,9-13,15,17,19,21,23,25H2,1-8H3. The summed E-state index contributed by atoms with van der Waals surface area (Å²) in [6, 6.07) is 3.02. The summed E-state index contributed by atoms with van der Waals surface area (Å²) in [6.45, 7) is 15.5. The second-order valence-electron chi connectivity index (χ2n) is 11.6. The van der Waals surface area contributed by atoms with E-state index in [1.165, 1.54) is 53.0 Å². The van der Waals surface area contributed by atoms with Crippen molar-refractivity contribution in [1.29, 1.82) is 0 Å². The number of phenols is 2. The summed E-state index contributed by atoms with van der Waals surface area (Å²) in [6.07, 6.45) is 25.7. The summed E-state index contributed by atoms with van der Waals surface area (Å²) in [5.41, 5.74) is 9.28. The SMILES string of the molecule is COc1cc(O)cc(CC=C(C)CCC=C(C)CCC=C(C)CCC=C(C)CCC=C(C)CCC=C(C)C)c1O. The topological polar surface area (TPSA) is 49.7 Å². The maximum absolute atomic E-state index is 10.3. The van der Waals surface area contributed by atoms with E-state index < -0.39 is 0 Å². The third-order valence-corrected chi connectivity index (χ3v) is 7.25. The molecule has 3 nitrogen and oxygen atoms in total. The van der Waals surface area contributed by atoms with Crippen LogP contribution in [0.5, 0.6) is 17.2 Å². The first-order chi connectivity index (χ1) is 19.0. The lowest BCUT2D eigenvalue weighted by Gasteiger charge is -2.09. The molecule has 0 bridgehead atoms. The van der Waals surface area contributed by atoms with Gasteiger partial charge in [0.15, 0.2) is 11.5 Å². The van der Waals surface area contributed by atoms with E-state index in [-0.39, 0.29) is 11.5 Å². The third-order valence-electron chi connectivity index (χ3n) is 7.25. The van der Waals surface area contributed by atoms with E-state index in [9.17, 15) is 10.2 Å². The highest BCUT2D eigenvalue weighted by molar-refractivity contribution is 5.51. The molecule has 1 aromatic carbocycles. The van der Waals surface area contributed by atoms with Crippen LogP contribution in [0.1, 0.15) is 118 Å². The van der Waals surface area contributed by atoms with Crippen LogP contribution < -0.4 is 4.74 Å². The van der Waals surface area contributed by atoms with E-state index in [1.807, 2.05) is 0 Å². The second kappa shape index (κ2) is 20.0. The molecule has 0 spiro atoms. The van der Waals surface area contributed by atoms with Crippen molar-refractivity contribution in [2.45, 2.75) is 119 Å². The van der Waals surface area contributed by atoms with Gasteiger partial charge in [-0.1, -0.05) is 69.9 Å². The van der Waals surface area contributed by atoms with Crippen LogP contribution in [0.25, 0.3) is 0 Å². The molecule has 0 atom stereocenters. The number of benzene rings is 1. The van der Waals surface area contributed by atoms with Crippen LogP contribution in [0.15, 0.2) is 82.0 Å². The maximum atomic E-state index is 10.3. The molecule has 0 aliphatic carbocycles. The highest BCUT2D eigenvalue weighted by Crippen LogP contribution is 2.34. The largest absolute Gasteiger partial charge is 0.508 e. The molecule has 0 radical (unpaired) electrons. The molecule has 3 heteroatoms. The lowest BCUT2D eigenvalue weighted by molar-refractivity contribution is 0.366. The molecular weight excluding hydrogens is 492 g/mol. The fourth-order valence-corrected chi connectivity index (χ4v) is 4.53. The molecule has 0 amide bonds. The first-order valence-electron chi connectivity index (χ1n) is 15.0. The Bertz CT molecular complexity index is 1090. The van der Waals surface area contributed by atoms with Gasteiger partial charge in [-0.2, -0.15) is 0 Å². The van der Waals surface area contributed by atoms with Crippen LogP contribution in [0.2, 0.25) is 0 Å². The molecule has 0 aliphatic heterocycles. The number of methoxy groups -OCH3 is 1. The van der Waals surface area contributed by atoms with Crippen LogP contribution in [0.4, 0.5) is 0 Å². The minimum Gasteiger partial charge on any atom is -0.508 e. The lowest BCUT2D eigenvalue weighted by Crippen LogP contribution is -1.90. The summed E-state index contributed by atoms with van der Waals surface area (Å²) >= 11 is 0. The van der Waals surface area contributed by atoms with Crippen LogP contribution >= 0.6 is 0 Å². The lowest BCUT2D eigenvalue weighted by atomic mass is 10.0. The van der Waals surface area contributed by atoms with Crippen molar-refractivity contribution in [2.24, 2.45) is 0 Å². The first kappa shape index (κ1) is 35.1. The predicted octanol–water partition coefficient (Wildman–Crippen LogP) is 11.2. The molecule has 0 unspecified atom stereocenters. The van der Waals surface area contributed by atoms with Crippen molar-refractivity contribution in [2.75, 3.05) is 7.11 Å². The number of hydrogen-bond donors (Lipinski definition) is 2. The smallest absolute Gasteiger partial charge is 0.164 e. The van der Waals surface area contributed by atoms with Gasteiger partial charge in [-0.15, -0.1) is 0 Å². The van der Waals surface area contributed by atoms with E-state index >= 15 is 0 Å². The maximum Gasteiger partial charge on any atom is 0.164 e. The zero-order valence-electron chi connectivity index (χ0n) is 26.7. The number of aromatic hydroxyl groups is 2.